The summed E-state index contributed by atoms with van der Waals surface area (Å²) in [5.74, 6) is 1.73. The summed E-state index contributed by atoms with van der Waals surface area (Å²) in [7, 11) is 0. The predicted molar refractivity (Wildman–Crippen MR) is 91.4 cm³/mol. The molecule has 0 saturated heterocycles. The summed E-state index contributed by atoms with van der Waals surface area (Å²) in [5.41, 5.74) is 0.490. The fourth-order valence-corrected chi connectivity index (χ4v) is 3.64. The van der Waals surface area contributed by atoms with Crippen LogP contribution < -0.4 is 0 Å². The van der Waals surface area contributed by atoms with Crippen LogP contribution in [0.1, 0.15) is 38.1 Å². The summed E-state index contributed by atoms with van der Waals surface area (Å²) in [6.45, 7) is 2.88. The Hall–Kier alpha value is -2.29. The fraction of sp³-hybridized carbons (Fsp3) is 0.438. The van der Waals surface area contributed by atoms with E-state index < -0.39 is 0 Å². The zero-order valence-electron chi connectivity index (χ0n) is 13.8. The van der Waals surface area contributed by atoms with E-state index in [0.717, 1.165) is 36.8 Å². The number of hydrogen-bond acceptors (Lipinski definition) is 6. The Bertz CT molecular complexity index is 871. The van der Waals surface area contributed by atoms with Gasteiger partial charge in [0, 0.05) is 12.6 Å². The molecule has 1 aliphatic rings. The highest BCUT2D eigenvalue weighted by molar-refractivity contribution is 7.98. The smallest absolute Gasteiger partial charge is 0.192 e. The lowest BCUT2D eigenvalue weighted by molar-refractivity contribution is 0.564. The van der Waals surface area contributed by atoms with E-state index in [9.17, 15) is 4.39 Å². The molecule has 1 aliphatic carbocycles. The van der Waals surface area contributed by atoms with E-state index in [1.807, 2.05) is 10.7 Å². The van der Waals surface area contributed by atoms with Gasteiger partial charge in [-0.15, -0.1) is 15.3 Å². The Balaban J connectivity index is 1.60. The van der Waals surface area contributed by atoms with Crippen molar-refractivity contribution < 1.29 is 4.39 Å². The van der Waals surface area contributed by atoms with Crippen LogP contribution in [0.2, 0.25) is 0 Å². The summed E-state index contributed by atoms with van der Waals surface area (Å²) in [5, 5.41) is 21.2. The summed E-state index contributed by atoms with van der Waals surface area (Å²) in [6.07, 6.45) is 3.11. The molecule has 0 N–H and O–H groups in total. The first kappa shape index (κ1) is 16.2. The number of aryl methyl sites for hydroxylation is 1. The van der Waals surface area contributed by atoms with Gasteiger partial charge < -0.3 is 0 Å². The van der Waals surface area contributed by atoms with Crippen molar-refractivity contribution in [2.75, 3.05) is 0 Å². The van der Waals surface area contributed by atoms with Crippen LogP contribution >= 0.6 is 11.8 Å². The van der Waals surface area contributed by atoms with Crippen LogP contribution in [0.5, 0.6) is 0 Å². The van der Waals surface area contributed by atoms with Crippen molar-refractivity contribution in [3.8, 4) is 11.4 Å². The molecule has 0 unspecified atom stereocenters. The van der Waals surface area contributed by atoms with Crippen LogP contribution in [-0.4, -0.2) is 35.0 Å². The third kappa shape index (κ3) is 3.28. The minimum atomic E-state index is -0.278. The summed E-state index contributed by atoms with van der Waals surface area (Å²) in [4.78, 5) is 0. The molecule has 1 fully saturated rings. The van der Waals surface area contributed by atoms with Gasteiger partial charge in [-0.05, 0) is 41.8 Å². The van der Waals surface area contributed by atoms with Crippen LogP contribution in [0.3, 0.4) is 0 Å². The number of benzene rings is 1. The monoisotopic (exact) mass is 359 g/mol. The average molecular weight is 359 g/mol. The lowest BCUT2D eigenvalue weighted by Crippen LogP contribution is -2.05. The number of rotatable bonds is 7. The predicted octanol–water partition coefficient (Wildman–Crippen LogP) is 3.11. The molecule has 1 saturated carbocycles. The van der Waals surface area contributed by atoms with E-state index >= 15 is 0 Å². The topological polar surface area (TPSA) is 74.3 Å². The average Bonchev–Trinajstić information content (AvgIpc) is 3.21. The van der Waals surface area contributed by atoms with Crippen molar-refractivity contribution >= 4 is 11.8 Å². The van der Waals surface area contributed by atoms with Gasteiger partial charge in [0.2, 0.25) is 0 Å². The van der Waals surface area contributed by atoms with Crippen LogP contribution in [0.15, 0.2) is 29.4 Å². The Kier molecular flexibility index (Phi) is 4.48. The van der Waals surface area contributed by atoms with Crippen molar-refractivity contribution in [3.63, 3.8) is 0 Å². The van der Waals surface area contributed by atoms with E-state index in [0.29, 0.717) is 23.2 Å². The second kappa shape index (κ2) is 6.91. The molecule has 0 amide bonds. The number of thioether (sulfide) groups is 1. The SMILES string of the molecule is CCCn1nnnc1CSc1nnc(-c2ccccc2F)n1C1CC1. The van der Waals surface area contributed by atoms with E-state index in [1.165, 1.54) is 17.8 Å². The van der Waals surface area contributed by atoms with Crippen molar-refractivity contribution in [1.29, 1.82) is 0 Å². The highest BCUT2D eigenvalue weighted by Crippen LogP contribution is 2.41. The minimum absolute atomic E-state index is 0.278. The molecule has 0 atom stereocenters. The summed E-state index contributed by atoms with van der Waals surface area (Å²) < 4.78 is 18.0. The van der Waals surface area contributed by atoms with Gasteiger partial charge in [-0.2, -0.15) is 0 Å². The number of hydrogen-bond donors (Lipinski definition) is 0. The molecule has 1 aromatic carbocycles. The Morgan fingerprint density at radius 2 is 2.04 bits per heavy atom. The third-order valence-corrected chi connectivity index (χ3v) is 5.00. The van der Waals surface area contributed by atoms with Gasteiger partial charge >= 0.3 is 0 Å². The lowest BCUT2D eigenvalue weighted by atomic mass is 10.2. The molecule has 25 heavy (non-hydrogen) atoms. The number of tetrazole rings is 1. The van der Waals surface area contributed by atoms with Gasteiger partial charge in [-0.25, -0.2) is 9.07 Å². The molecule has 7 nitrogen and oxygen atoms in total. The summed E-state index contributed by atoms with van der Waals surface area (Å²) >= 11 is 1.54. The molecule has 9 heteroatoms. The fourth-order valence-electron chi connectivity index (χ4n) is 2.70. The van der Waals surface area contributed by atoms with E-state index in [1.54, 1.807) is 12.1 Å². The zero-order valence-corrected chi connectivity index (χ0v) is 14.7. The Morgan fingerprint density at radius 1 is 1.20 bits per heavy atom. The normalized spacial score (nSPS) is 14.2. The van der Waals surface area contributed by atoms with Crippen molar-refractivity contribution in [2.45, 2.75) is 49.7 Å². The van der Waals surface area contributed by atoms with E-state index in [-0.39, 0.29) is 5.82 Å². The Morgan fingerprint density at radius 3 is 2.80 bits per heavy atom. The molecule has 3 aromatic rings. The van der Waals surface area contributed by atoms with Gasteiger partial charge in [-0.1, -0.05) is 30.8 Å². The first-order valence-corrected chi connectivity index (χ1v) is 9.34. The maximum atomic E-state index is 14.2. The second-order valence-electron chi connectivity index (χ2n) is 5.99. The van der Waals surface area contributed by atoms with Crippen LogP contribution in [0.4, 0.5) is 4.39 Å². The molecule has 2 aromatic heterocycles. The van der Waals surface area contributed by atoms with Gasteiger partial charge in [0.25, 0.3) is 0 Å². The van der Waals surface area contributed by atoms with Crippen LogP contribution in [0, 0.1) is 5.82 Å². The third-order valence-electron chi connectivity index (χ3n) is 4.06. The molecule has 0 aliphatic heterocycles. The molecule has 0 bridgehead atoms. The molecule has 130 valence electrons. The molecule has 0 spiro atoms. The summed E-state index contributed by atoms with van der Waals surface area (Å²) in [6, 6.07) is 7.04. The molecule has 0 radical (unpaired) electrons. The number of nitrogens with zero attached hydrogens (tertiary/aromatic N) is 7. The van der Waals surface area contributed by atoms with Gasteiger partial charge in [0.05, 0.1) is 11.3 Å². The molecule has 2 heterocycles. The maximum Gasteiger partial charge on any atom is 0.192 e. The number of halogens is 1. The van der Waals surface area contributed by atoms with E-state index in [2.05, 4.69) is 37.2 Å². The highest BCUT2D eigenvalue weighted by atomic mass is 32.2. The molecular formula is C16H18FN7S. The van der Waals surface area contributed by atoms with Crippen molar-refractivity contribution in [2.24, 2.45) is 0 Å². The van der Waals surface area contributed by atoms with Crippen LogP contribution in [0.25, 0.3) is 11.4 Å². The first-order valence-electron chi connectivity index (χ1n) is 8.35. The minimum Gasteiger partial charge on any atom is -0.299 e. The van der Waals surface area contributed by atoms with Gasteiger partial charge in [0.1, 0.15) is 5.82 Å². The number of aromatic nitrogens is 7. The van der Waals surface area contributed by atoms with E-state index in [4.69, 9.17) is 0 Å². The largest absolute Gasteiger partial charge is 0.299 e. The zero-order chi connectivity index (χ0) is 17.2. The quantitative estimate of drug-likeness (QED) is 0.604. The van der Waals surface area contributed by atoms with Crippen LogP contribution in [-0.2, 0) is 12.3 Å². The van der Waals surface area contributed by atoms with Gasteiger partial charge in [-0.3, -0.25) is 4.57 Å². The molecular weight excluding hydrogens is 341 g/mol. The first-order chi connectivity index (χ1) is 12.3. The van der Waals surface area contributed by atoms with Crippen molar-refractivity contribution in [3.05, 3.63) is 35.9 Å². The maximum absolute atomic E-state index is 14.2. The van der Waals surface area contributed by atoms with Gasteiger partial charge in [0.15, 0.2) is 16.8 Å². The van der Waals surface area contributed by atoms with Crippen molar-refractivity contribution in [1.82, 2.24) is 35.0 Å². The molecule has 4 rings (SSSR count). The second-order valence-corrected chi connectivity index (χ2v) is 6.94. The Labute approximate surface area is 148 Å². The lowest BCUT2D eigenvalue weighted by Gasteiger charge is -2.09. The standard InChI is InChI=1S/C16H18FN7S/c1-2-9-23-14(18-21-22-23)10-25-16-20-19-15(24(16)11-7-8-11)12-5-3-4-6-13(12)17/h3-6,11H,2,7-10H2,1H3. The highest BCUT2D eigenvalue weighted by Gasteiger charge is 2.31.